The molecule has 0 aliphatic carbocycles. The molecule has 7 heteroatoms. The first kappa shape index (κ1) is 15.9. The fourth-order valence-electron chi connectivity index (χ4n) is 2.59. The van der Waals surface area contributed by atoms with Gasteiger partial charge < -0.3 is 9.52 Å². The Bertz CT molecular complexity index is 594. The maximum absolute atomic E-state index is 12.9. The second kappa shape index (κ2) is 5.71. The van der Waals surface area contributed by atoms with Gasteiger partial charge >= 0.3 is 0 Å². The normalized spacial score (nSPS) is 25.1. The van der Waals surface area contributed by atoms with Crippen LogP contribution in [0.4, 0.5) is 0 Å². The Hall–Kier alpha value is -0.500. The Morgan fingerprint density at radius 3 is 2.60 bits per heavy atom. The maximum atomic E-state index is 12.9. The van der Waals surface area contributed by atoms with Crippen LogP contribution in [-0.2, 0) is 16.6 Å². The third-order valence-corrected chi connectivity index (χ3v) is 7.40. The molecule has 1 aliphatic heterocycles. The van der Waals surface area contributed by atoms with E-state index in [9.17, 15) is 13.5 Å². The predicted octanol–water partition coefficient (Wildman–Crippen LogP) is 1.90. The van der Waals surface area contributed by atoms with Crippen molar-refractivity contribution in [1.82, 2.24) is 4.31 Å². The van der Waals surface area contributed by atoms with Gasteiger partial charge in [0, 0.05) is 29.2 Å². The van der Waals surface area contributed by atoms with Gasteiger partial charge in [0.15, 0.2) is 0 Å². The number of sulfonamides is 1. The lowest BCUT2D eigenvalue weighted by Gasteiger charge is -2.36. The van der Waals surface area contributed by atoms with Crippen LogP contribution >= 0.6 is 11.8 Å². The Labute approximate surface area is 124 Å². The molecule has 1 N–H and O–H groups in total. The number of rotatable bonds is 3. The molecule has 1 saturated heterocycles. The van der Waals surface area contributed by atoms with Crippen LogP contribution in [0, 0.1) is 13.8 Å². The van der Waals surface area contributed by atoms with Gasteiger partial charge in [0.05, 0.1) is 6.61 Å². The van der Waals surface area contributed by atoms with Gasteiger partial charge in [0.2, 0.25) is 10.0 Å². The molecule has 0 aromatic carbocycles. The largest absolute Gasteiger partial charge is 0.465 e. The summed E-state index contributed by atoms with van der Waals surface area (Å²) >= 11 is 1.78. The lowest BCUT2D eigenvalue weighted by atomic mass is 10.2. The highest BCUT2D eigenvalue weighted by Gasteiger charge is 2.38. The summed E-state index contributed by atoms with van der Waals surface area (Å²) in [7, 11) is -3.63. The number of aryl methyl sites for hydroxylation is 2. The summed E-state index contributed by atoms with van der Waals surface area (Å²) in [6.07, 6.45) is 0. The van der Waals surface area contributed by atoms with Crippen molar-refractivity contribution in [2.75, 3.05) is 12.3 Å². The third-order valence-electron chi connectivity index (χ3n) is 3.88. The fraction of sp³-hybridized carbons (Fsp3) is 0.692. The molecule has 0 saturated carbocycles. The van der Waals surface area contributed by atoms with E-state index >= 15 is 0 Å². The van der Waals surface area contributed by atoms with Crippen molar-refractivity contribution in [3.05, 3.63) is 17.1 Å². The zero-order valence-corrected chi connectivity index (χ0v) is 13.8. The van der Waals surface area contributed by atoms with Crippen LogP contribution in [0.2, 0.25) is 0 Å². The number of aliphatic hydroxyl groups excluding tert-OH is 1. The molecule has 0 radical (unpaired) electrons. The van der Waals surface area contributed by atoms with E-state index in [1.54, 1.807) is 25.6 Å². The Kier molecular flexibility index (Phi) is 4.53. The summed E-state index contributed by atoms with van der Waals surface area (Å²) in [6, 6.07) is -0.0695. The van der Waals surface area contributed by atoms with Gasteiger partial charge in [-0.25, -0.2) is 8.42 Å². The summed E-state index contributed by atoms with van der Waals surface area (Å²) in [5.41, 5.74) is 0.376. The van der Waals surface area contributed by atoms with Gasteiger partial charge in [-0.3, -0.25) is 0 Å². The summed E-state index contributed by atoms with van der Waals surface area (Å²) < 4.78 is 32.7. The average Bonchev–Trinajstić information content (AvgIpc) is 2.67. The van der Waals surface area contributed by atoms with Gasteiger partial charge in [-0.1, -0.05) is 6.92 Å². The van der Waals surface area contributed by atoms with E-state index in [0.717, 1.165) is 5.75 Å². The van der Waals surface area contributed by atoms with E-state index in [4.69, 9.17) is 4.42 Å². The Morgan fingerprint density at radius 1 is 1.35 bits per heavy atom. The van der Waals surface area contributed by atoms with E-state index < -0.39 is 10.0 Å². The number of hydrogen-bond acceptors (Lipinski definition) is 5. The molecular weight excluding hydrogens is 298 g/mol. The molecular formula is C13H21NO4S2. The van der Waals surface area contributed by atoms with Crippen molar-refractivity contribution in [1.29, 1.82) is 0 Å². The molecule has 1 aliphatic rings. The van der Waals surface area contributed by atoms with E-state index in [1.807, 2.05) is 13.8 Å². The van der Waals surface area contributed by atoms with E-state index in [2.05, 4.69) is 0 Å². The third kappa shape index (κ3) is 2.52. The van der Waals surface area contributed by atoms with Gasteiger partial charge in [-0.15, -0.1) is 0 Å². The predicted molar refractivity (Wildman–Crippen MR) is 79.4 cm³/mol. The summed E-state index contributed by atoms with van der Waals surface area (Å²) in [4.78, 5) is 0.142. The molecule has 1 aromatic heterocycles. The molecule has 2 heterocycles. The molecule has 2 atom stereocenters. The number of nitrogens with zero attached hydrogens (tertiary/aromatic N) is 1. The second-order valence-corrected chi connectivity index (χ2v) is 8.43. The zero-order valence-electron chi connectivity index (χ0n) is 12.2. The lowest BCUT2D eigenvalue weighted by molar-refractivity contribution is 0.275. The average molecular weight is 319 g/mol. The van der Waals surface area contributed by atoms with Crippen LogP contribution < -0.4 is 0 Å². The minimum Gasteiger partial charge on any atom is -0.465 e. The van der Waals surface area contributed by atoms with Crippen LogP contribution in [-0.4, -0.2) is 41.4 Å². The van der Waals surface area contributed by atoms with Crippen molar-refractivity contribution in [2.45, 2.75) is 50.5 Å². The molecule has 0 spiro atoms. The Morgan fingerprint density at radius 2 is 2.00 bits per heavy atom. The summed E-state index contributed by atoms with van der Waals surface area (Å²) in [5, 5.41) is 9.70. The molecule has 1 aromatic rings. The minimum atomic E-state index is -3.63. The molecule has 0 amide bonds. The molecule has 5 nitrogen and oxygen atoms in total. The molecule has 20 heavy (non-hydrogen) atoms. The SMILES string of the molecule is Cc1oc(C)c(S(=O)(=O)N2CCSC(C)C2C)c1CO. The van der Waals surface area contributed by atoms with Gasteiger partial charge in [0.1, 0.15) is 16.4 Å². The molecule has 0 bridgehead atoms. The first-order valence-electron chi connectivity index (χ1n) is 6.63. The molecule has 2 unspecified atom stereocenters. The summed E-state index contributed by atoms with van der Waals surface area (Å²) in [5.74, 6) is 1.61. The van der Waals surface area contributed by atoms with Crippen LogP contribution in [0.3, 0.4) is 0 Å². The first-order chi connectivity index (χ1) is 9.30. The lowest BCUT2D eigenvalue weighted by Crippen LogP contribution is -2.48. The van der Waals surface area contributed by atoms with Crippen molar-refractivity contribution in [2.24, 2.45) is 0 Å². The fourth-order valence-corrected chi connectivity index (χ4v) is 6.00. The van der Waals surface area contributed by atoms with Gasteiger partial charge in [-0.05, 0) is 20.8 Å². The highest BCUT2D eigenvalue weighted by Crippen LogP contribution is 2.34. The zero-order chi connectivity index (χ0) is 15.1. The molecule has 114 valence electrons. The number of aliphatic hydroxyl groups is 1. The van der Waals surface area contributed by atoms with Crippen molar-refractivity contribution in [3.63, 3.8) is 0 Å². The van der Waals surface area contributed by atoms with Crippen LogP contribution in [0.25, 0.3) is 0 Å². The van der Waals surface area contributed by atoms with E-state index in [-0.39, 0.29) is 22.8 Å². The Balaban J connectivity index is 2.50. The second-order valence-electron chi connectivity index (χ2n) is 5.11. The first-order valence-corrected chi connectivity index (χ1v) is 9.12. The van der Waals surface area contributed by atoms with Crippen molar-refractivity contribution in [3.8, 4) is 0 Å². The van der Waals surface area contributed by atoms with Crippen molar-refractivity contribution < 1.29 is 17.9 Å². The van der Waals surface area contributed by atoms with E-state index in [1.165, 1.54) is 4.31 Å². The number of hydrogen-bond donors (Lipinski definition) is 1. The standard InChI is InChI=1S/C13H21NO4S2/c1-8-11(4)19-6-5-14(8)20(16,17)13-10(3)18-9(2)12(13)7-15/h8,11,15H,5-7H2,1-4H3. The van der Waals surface area contributed by atoms with Crippen molar-refractivity contribution >= 4 is 21.8 Å². The summed E-state index contributed by atoms with van der Waals surface area (Å²) in [6.45, 7) is 7.44. The van der Waals surface area contributed by atoms with Crippen LogP contribution in [0.1, 0.15) is 30.9 Å². The van der Waals surface area contributed by atoms with Crippen LogP contribution in [0.15, 0.2) is 9.31 Å². The number of thioether (sulfide) groups is 1. The molecule has 1 fully saturated rings. The highest BCUT2D eigenvalue weighted by molar-refractivity contribution is 8.00. The molecule has 2 rings (SSSR count). The van der Waals surface area contributed by atoms with Gasteiger partial charge in [0.25, 0.3) is 0 Å². The maximum Gasteiger partial charge on any atom is 0.247 e. The van der Waals surface area contributed by atoms with Gasteiger partial charge in [-0.2, -0.15) is 16.1 Å². The van der Waals surface area contributed by atoms with E-state index in [0.29, 0.717) is 23.6 Å². The monoisotopic (exact) mass is 319 g/mol. The highest BCUT2D eigenvalue weighted by atomic mass is 32.2. The topological polar surface area (TPSA) is 70.8 Å². The quantitative estimate of drug-likeness (QED) is 0.921. The smallest absolute Gasteiger partial charge is 0.247 e. The minimum absolute atomic E-state index is 0.0695. The number of furan rings is 1. The van der Waals surface area contributed by atoms with Crippen LogP contribution in [0.5, 0.6) is 0 Å².